The largest absolute Gasteiger partial charge is 0.351 e. The van der Waals surface area contributed by atoms with E-state index in [2.05, 4.69) is 25.6 Å². The Morgan fingerprint density at radius 3 is 2.84 bits per heavy atom. The number of hydrogen-bond donors (Lipinski definition) is 3. The van der Waals surface area contributed by atoms with E-state index in [4.69, 9.17) is 17.3 Å². The summed E-state index contributed by atoms with van der Waals surface area (Å²) in [5.41, 5.74) is 7.53. The Morgan fingerprint density at radius 2 is 2.16 bits per heavy atom. The van der Waals surface area contributed by atoms with E-state index in [-0.39, 0.29) is 37.1 Å². The lowest BCUT2D eigenvalue weighted by molar-refractivity contribution is -0.0794. The molecule has 168 valence electrons. The van der Waals surface area contributed by atoms with Crippen molar-refractivity contribution in [2.75, 3.05) is 11.9 Å². The van der Waals surface area contributed by atoms with Crippen molar-refractivity contribution in [3.63, 3.8) is 0 Å². The van der Waals surface area contributed by atoms with Crippen LogP contribution in [0.1, 0.15) is 40.5 Å². The van der Waals surface area contributed by atoms with Crippen molar-refractivity contribution in [1.82, 2.24) is 24.8 Å². The van der Waals surface area contributed by atoms with Crippen LogP contribution in [0.4, 0.5) is 14.7 Å². The molecule has 1 aliphatic carbocycles. The molecule has 11 heteroatoms. The Balaban J connectivity index is 1.48. The molecule has 1 unspecified atom stereocenters. The number of amides is 1. The predicted molar refractivity (Wildman–Crippen MR) is 116 cm³/mol. The number of anilines is 1. The van der Waals surface area contributed by atoms with E-state index in [9.17, 15) is 13.6 Å². The molecule has 0 saturated heterocycles. The Labute approximate surface area is 188 Å². The minimum absolute atomic E-state index is 0.177. The third-order valence-electron chi connectivity index (χ3n) is 5.22. The number of nitrogens with one attached hydrogen (secondary N) is 2. The van der Waals surface area contributed by atoms with Crippen molar-refractivity contribution in [3.8, 4) is 5.82 Å². The fourth-order valence-electron chi connectivity index (χ4n) is 3.50. The van der Waals surface area contributed by atoms with E-state index in [1.807, 2.05) is 6.07 Å². The summed E-state index contributed by atoms with van der Waals surface area (Å²) < 4.78 is 27.7. The number of halogens is 3. The molecule has 1 aromatic carbocycles. The van der Waals surface area contributed by atoms with E-state index >= 15 is 0 Å². The molecular formula is C21H22ClF2N7O. The molecular weight excluding hydrogens is 440 g/mol. The van der Waals surface area contributed by atoms with Gasteiger partial charge in [-0.3, -0.25) is 9.36 Å². The van der Waals surface area contributed by atoms with Crippen LogP contribution in [-0.2, 0) is 0 Å². The second-order valence-electron chi connectivity index (χ2n) is 7.79. The van der Waals surface area contributed by atoms with Gasteiger partial charge in [-0.2, -0.15) is 4.98 Å². The molecule has 1 aliphatic rings. The van der Waals surface area contributed by atoms with Crippen molar-refractivity contribution in [2.45, 2.75) is 37.8 Å². The molecule has 2 heterocycles. The summed E-state index contributed by atoms with van der Waals surface area (Å²) in [6.45, 7) is 1.99. The summed E-state index contributed by atoms with van der Waals surface area (Å²) in [7, 11) is 0. The number of carbonyl (C=O) groups excluding carboxylic acids is 1. The molecule has 1 atom stereocenters. The third kappa shape index (κ3) is 4.86. The number of rotatable bonds is 7. The topological polar surface area (TPSA) is 111 Å². The van der Waals surface area contributed by atoms with Gasteiger partial charge in [-0.25, -0.2) is 18.7 Å². The van der Waals surface area contributed by atoms with Gasteiger partial charge in [0.1, 0.15) is 17.8 Å². The SMILES string of the molecule is Cc1cnc(NC2CC(F)(F)C2)nc1-n1cnc(C(=O)NC(CN)c2cccc(Cl)c2)c1. The number of carbonyl (C=O) groups is 1. The third-order valence-corrected chi connectivity index (χ3v) is 5.46. The van der Waals surface area contributed by atoms with Gasteiger partial charge in [0.05, 0.1) is 6.04 Å². The number of hydrogen-bond acceptors (Lipinski definition) is 6. The average molecular weight is 462 g/mol. The van der Waals surface area contributed by atoms with Crippen molar-refractivity contribution >= 4 is 23.5 Å². The minimum atomic E-state index is -2.63. The maximum atomic E-state index is 13.1. The van der Waals surface area contributed by atoms with E-state index in [0.29, 0.717) is 10.8 Å². The number of aryl methyl sites for hydroxylation is 1. The average Bonchev–Trinajstić information content (AvgIpc) is 3.22. The lowest BCUT2D eigenvalue weighted by Gasteiger charge is -2.35. The van der Waals surface area contributed by atoms with Gasteiger partial charge in [-0.1, -0.05) is 23.7 Å². The summed E-state index contributed by atoms with van der Waals surface area (Å²) in [5, 5.41) is 6.32. The summed E-state index contributed by atoms with van der Waals surface area (Å²) in [6, 6.07) is 6.31. The number of nitrogens with zero attached hydrogens (tertiary/aromatic N) is 4. The standard InChI is InChI=1S/C21H22ClF2N7O/c1-12-9-26-20(28-15-6-21(23,24)7-15)30-18(12)31-10-17(27-11-31)19(32)29-16(8-25)13-3-2-4-14(22)5-13/h2-5,9-11,15-16H,6-8,25H2,1H3,(H,29,32)(H,26,28,30). The number of aromatic nitrogens is 4. The molecule has 0 spiro atoms. The first kappa shape index (κ1) is 22.1. The lowest BCUT2D eigenvalue weighted by atomic mass is 9.88. The van der Waals surface area contributed by atoms with Gasteiger partial charge in [0.25, 0.3) is 11.8 Å². The molecule has 2 aromatic heterocycles. The molecule has 8 nitrogen and oxygen atoms in total. The smallest absolute Gasteiger partial charge is 0.272 e. The first-order chi connectivity index (χ1) is 15.2. The summed E-state index contributed by atoms with van der Waals surface area (Å²) in [4.78, 5) is 25.5. The summed E-state index contributed by atoms with van der Waals surface area (Å²) in [5.74, 6) is -2.30. The van der Waals surface area contributed by atoms with E-state index in [1.165, 1.54) is 12.5 Å². The molecule has 0 bridgehead atoms. The van der Waals surface area contributed by atoms with E-state index in [0.717, 1.165) is 11.1 Å². The van der Waals surface area contributed by atoms with Crippen LogP contribution in [-0.4, -0.2) is 43.9 Å². The van der Waals surface area contributed by atoms with E-state index < -0.39 is 17.9 Å². The predicted octanol–water partition coefficient (Wildman–Crippen LogP) is 3.26. The van der Waals surface area contributed by atoms with Crippen LogP contribution < -0.4 is 16.4 Å². The minimum Gasteiger partial charge on any atom is -0.351 e. The van der Waals surface area contributed by atoms with Gasteiger partial charge in [0.2, 0.25) is 5.95 Å². The van der Waals surface area contributed by atoms with Gasteiger partial charge in [0.15, 0.2) is 0 Å². The highest BCUT2D eigenvalue weighted by Crippen LogP contribution is 2.38. The molecule has 0 aliphatic heterocycles. The maximum absolute atomic E-state index is 13.1. The fraction of sp³-hybridized carbons (Fsp3) is 0.333. The molecule has 4 rings (SSSR count). The van der Waals surface area contributed by atoms with Crippen molar-refractivity contribution in [3.05, 3.63) is 64.8 Å². The van der Waals surface area contributed by atoms with Crippen LogP contribution in [0.2, 0.25) is 5.02 Å². The zero-order valence-corrected chi connectivity index (χ0v) is 18.0. The van der Waals surface area contributed by atoms with Crippen molar-refractivity contribution in [1.29, 1.82) is 0 Å². The number of alkyl halides is 2. The lowest BCUT2D eigenvalue weighted by Crippen LogP contribution is -2.44. The molecule has 0 radical (unpaired) electrons. The molecule has 4 N–H and O–H groups in total. The van der Waals surface area contributed by atoms with Gasteiger partial charge < -0.3 is 16.4 Å². The number of imidazole rings is 1. The highest BCUT2D eigenvalue weighted by Gasteiger charge is 2.45. The van der Waals surface area contributed by atoms with Gasteiger partial charge in [0, 0.05) is 48.4 Å². The second kappa shape index (κ2) is 8.79. The zero-order valence-electron chi connectivity index (χ0n) is 17.2. The van der Waals surface area contributed by atoms with Gasteiger partial charge in [-0.05, 0) is 24.6 Å². The Bertz CT molecular complexity index is 1130. The summed E-state index contributed by atoms with van der Waals surface area (Å²) in [6.07, 6.45) is 4.10. The molecule has 1 amide bonds. The highest BCUT2D eigenvalue weighted by molar-refractivity contribution is 6.30. The van der Waals surface area contributed by atoms with Crippen LogP contribution in [0.3, 0.4) is 0 Å². The fourth-order valence-corrected chi connectivity index (χ4v) is 3.70. The second-order valence-corrected chi connectivity index (χ2v) is 8.23. The Kier molecular flexibility index (Phi) is 6.07. The monoisotopic (exact) mass is 461 g/mol. The normalized spacial score (nSPS) is 16.3. The van der Waals surface area contributed by atoms with Crippen molar-refractivity contribution < 1.29 is 13.6 Å². The highest BCUT2D eigenvalue weighted by atomic mass is 35.5. The van der Waals surface area contributed by atoms with Crippen LogP contribution in [0.5, 0.6) is 0 Å². The molecule has 32 heavy (non-hydrogen) atoms. The summed E-state index contributed by atoms with van der Waals surface area (Å²) >= 11 is 6.03. The first-order valence-electron chi connectivity index (χ1n) is 10.0. The van der Waals surface area contributed by atoms with Crippen LogP contribution in [0.15, 0.2) is 43.0 Å². The first-order valence-corrected chi connectivity index (χ1v) is 10.4. The number of nitrogens with two attached hydrogens (primary N) is 1. The van der Waals surface area contributed by atoms with Gasteiger partial charge >= 0.3 is 0 Å². The number of benzene rings is 1. The maximum Gasteiger partial charge on any atom is 0.272 e. The molecule has 1 fully saturated rings. The Morgan fingerprint density at radius 1 is 1.38 bits per heavy atom. The van der Waals surface area contributed by atoms with Crippen LogP contribution >= 0.6 is 11.6 Å². The van der Waals surface area contributed by atoms with Gasteiger partial charge in [-0.15, -0.1) is 0 Å². The van der Waals surface area contributed by atoms with E-state index in [1.54, 1.807) is 35.9 Å². The molecule has 3 aromatic rings. The zero-order chi connectivity index (χ0) is 22.9. The quantitative estimate of drug-likeness (QED) is 0.498. The van der Waals surface area contributed by atoms with Crippen LogP contribution in [0, 0.1) is 6.92 Å². The van der Waals surface area contributed by atoms with Crippen molar-refractivity contribution in [2.24, 2.45) is 5.73 Å². The van der Waals surface area contributed by atoms with Crippen LogP contribution in [0.25, 0.3) is 5.82 Å². The molecule has 1 saturated carbocycles. The Hall–Kier alpha value is -3.11.